The lowest BCUT2D eigenvalue weighted by atomic mass is 10.1. The van der Waals surface area contributed by atoms with Crippen LogP contribution in [0.3, 0.4) is 0 Å². The van der Waals surface area contributed by atoms with Gasteiger partial charge in [-0.2, -0.15) is 0 Å². The number of piperidine rings is 1. The maximum absolute atomic E-state index is 11.7. The first-order valence-corrected chi connectivity index (χ1v) is 5.40. The summed E-state index contributed by atoms with van der Waals surface area (Å²) in [6, 6.07) is 1.94. The van der Waals surface area contributed by atoms with Crippen LogP contribution >= 0.6 is 0 Å². The van der Waals surface area contributed by atoms with Gasteiger partial charge in [0.25, 0.3) is 5.56 Å². The summed E-state index contributed by atoms with van der Waals surface area (Å²) < 4.78 is 1.78. The van der Waals surface area contributed by atoms with E-state index in [2.05, 4.69) is 16.9 Å². The number of nitrogens with zero attached hydrogens (tertiary/aromatic N) is 3. The summed E-state index contributed by atoms with van der Waals surface area (Å²) in [4.78, 5) is 18.2. The van der Waals surface area contributed by atoms with Crippen LogP contribution in [0.2, 0.25) is 0 Å². The number of hydrogen-bond acceptors (Lipinski definition) is 3. The molecule has 0 unspecified atom stereocenters. The first-order chi connectivity index (χ1) is 7.16. The Labute approximate surface area is 89.6 Å². The van der Waals surface area contributed by atoms with Crippen molar-refractivity contribution in [3.63, 3.8) is 0 Å². The second kappa shape index (κ2) is 4.14. The number of likely N-dealkylation sites (tertiary alicyclic amines) is 1. The minimum Gasteiger partial charge on any atom is -0.306 e. The van der Waals surface area contributed by atoms with Gasteiger partial charge in [-0.3, -0.25) is 9.36 Å². The summed E-state index contributed by atoms with van der Waals surface area (Å²) in [5.41, 5.74) is 0.876. The van der Waals surface area contributed by atoms with Crippen LogP contribution < -0.4 is 5.56 Å². The fourth-order valence-corrected chi connectivity index (χ4v) is 2.05. The molecule has 1 aromatic rings. The topological polar surface area (TPSA) is 38.1 Å². The molecule has 0 bridgehead atoms. The molecule has 4 heteroatoms. The Hall–Kier alpha value is -1.16. The normalized spacial score (nSPS) is 19.3. The van der Waals surface area contributed by atoms with E-state index in [0.717, 1.165) is 31.6 Å². The zero-order valence-electron chi connectivity index (χ0n) is 9.31. The van der Waals surface area contributed by atoms with Crippen LogP contribution in [0.5, 0.6) is 0 Å². The third-order valence-corrected chi connectivity index (χ3v) is 3.05. The molecule has 0 aromatic carbocycles. The Morgan fingerprint density at radius 2 is 2.07 bits per heavy atom. The molecule has 0 atom stereocenters. The maximum Gasteiger partial charge on any atom is 0.253 e. The maximum atomic E-state index is 11.7. The quantitative estimate of drug-likeness (QED) is 0.684. The van der Waals surface area contributed by atoms with Gasteiger partial charge in [0.15, 0.2) is 0 Å². The molecule has 2 heterocycles. The smallest absolute Gasteiger partial charge is 0.253 e. The Bertz CT molecular complexity index is 391. The van der Waals surface area contributed by atoms with Gasteiger partial charge in [0.05, 0.1) is 6.33 Å². The molecule has 0 radical (unpaired) electrons. The number of aryl methyl sites for hydroxylation is 1. The molecule has 15 heavy (non-hydrogen) atoms. The van der Waals surface area contributed by atoms with Crippen molar-refractivity contribution in [1.82, 2.24) is 14.5 Å². The molecule has 0 N–H and O–H groups in total. The van der Waals surface area contributed by atoms with Crippen molar-refractivity contribution in [2.24, 2.45) is 0 Å². The summed E-state index contributed by atoms with van der Waals surface area (Å²) in [7, 11) is 2.12. The van der Waals surface area contributed by atoms with Gasteiger partial charge in [-0.25, -0.2) is 4.98 Å². The van der Waals surface area contributed by atoms with E-state index in [1.807, 2.05) is 6.92 Å². The second-order valence-corrected chi connectivity index (χ2v) is 4.31. The fourth-order valence-electron chi connectivity index (χ4n) is 2.05. The highest BCUT2D eigenvalue weighted by atomic mass is 16.1. The Balaban J connectivity index is 2.19. The van der Waals surface area contributed by atoms with Crippen molar-refractivity contribution in [3.05, 3.63) is 28.4 Å². The Morgan fingerprint density at radius 3 is 2.67 bits per heavy atom. The van der Waals surface area contributed by atoms with Crippen LogP contribution in [0.15, 0.2) is 17.2 Å². The molecule has 1 aliphatic heterocycles. The molecular weight excluding hydrogens is 190 g/mol. The van der Waals surface area contributed by atoms with E-state index in [4.69, 9.17) is 0 Å². The van der Waals surface area contributed by atoms with E-state index >= 15 is 0 Å². The zero-order valence-corrected chi connectivity index (χ0v) is 9.31. The van der Waals surface area contributed by atoms with Crippen LogP contribution in [-0.4, -0.2) is 34.6 Å². The van der Waals surface area contributed by atoms with E-state index in [9.17, 15) is 4.79 Å². The minimum absolute atomic E-state index is 0.0806. The first-order valence-electron chi connectivity index (χ1n) is 5.40. The molecule has 1 aliphatic rings. The molecule has 1 aromatic heterocycles. The molecule has 4 nitrogen and oxygen atoms in total. The molecular formula is C11H17N3O. The molecule has 1 saturated heterocycles. The highest BCUT2D eigenvalue weighted by molar-refractivity contribution is 4.97. The lowest BCUT2D eigenvalue weighted by Gasteiger charge is -2.29. The number of aromatic nitrogens is 2. The van der Waals surface area contributed by atoms with E-state index in [-0.39, 0.29) is 5.56 Å². The zero-order chi connectivity index (χ0) is 10.8. The number of hydrogen-bond donors (Lipinski definition) is 0. The van der Waals surface area contributed by atoms with E-state index in [1.54, 1.807) is 17.0 Å². The van der Waals surface area contributed by atoms with Crippen molar-refractivity contribution in [3.8, 4) is 0 Å². The third kappa shape index (κ3) is 2.26. The van der Waals surface area contributed by atoms with Crippen LogP contribution in [0.4, 0.5) is 0 Å². The predicted octanol–water partition coefficient (Wildman–Crippen LogP) is 0.818. The lowest BCUT2D eigenvalue weighted by molar-refractivity contribution is 0.218. The van der Waals surface area contributed by atoms with Crippen LogP contribution in [0, 0.1) is 6.92 Å². The molecule has 0 saturated carbocycles. The number of rotatable bonds is 1. The summed E-state index contributed by atoms with van der Waals surface area (Å²) in [5, 5.41) is 0. The van der Waals surface area contributed by atoms with Crippen molar-refractivity contribution in [2.45, 2.75) is 25.8 Å². The van der Waals surface area contributed by atoms with E-state index in [0.29, 0.717) is 6.04 Å². The first kappa shape index (κ1) is 10.4. The summed E-state index contributed by atoms with van der Waals surface area (Å²) in [6.07, 6.45) is 3.77. The van der Waals surface area contributed by atoms with Gasteiger partial charge < -0.3 is 4.90 Å². The fraction of sp³-hybridized carbons (Fsp3) is 0.636. The van der Waals surface area contributed by atoms with Crippen molar-refractivity contribution < 1.29 is 0 Å². The average Bonchev–Trinajstić information content (AvgIpc) is 2.20. The van der Waals surface area contributed by atoms with Crippen LogP contribution in [0.25, 0.3) is 0 Å². The van der Waals surface area contributed by atoms with Gasteiger partial charge in [-0.05, 0) is 39.9 Å². The van der Waals surface area contributed by atoms with Gasteiger partial charge in [0, 0.05) is 17.8 Å². The predicted molar refractivity (Wildman–Crippen MR) is 59.0 cm³/mol. The monoisotopic (exact) mass is 207 g/mol. The highest BCUT2D eigenvalue weighted by Crippen LogP contribution is 2.19. The minimum atomic E-state index is 0.0806. The molecule has 0 amide bonds. The van der Waals surface area contributed by atoms with Gasteiger partial charge in [-0.1, -0.05) is 0 Å². The van der Waals surface area contributed by atoms with Crippen molar-refractivity contribution in [1.29, 1.82) is 0 Å². The third-order valence-electron chi connectivity index (χ3n) is 3.05. The average molecular weight is 207 g/mol. The van der Waals surface area contributed by atoms with Crippen LogP contribution in [-0.2, 0) is 0 Å². The van der Waals surface area contributed by atoms with E-state index < -0.39 is 0 Å². The van der Waals surface area contributed by atoms with Gasteiger partial charge in [-0.15, -0.1) is 0 Å². The lowest BCUT2D eigenvalue weighted by Crippen LogP contribution is -2.35. The Kier molecular flexibility index (Phi) is 2.86. The van der Waals surface area contributed by atoms with Gasteiger partial charge >= 0.3 is 0 Å². The van der Waals surface area contributed by atoms with Gasteiger partial charge in [0.1, 0.15) is 0 Å². The van der Waals surface area contributed by atoms with Crippen molar-refractivity contribution in [2.75, 3.05) is 20.1 Å². The largest absolute Gasteiger partial charge is 0.306 e. The van der Waals surface area contributed by atoms with Crippen LogP contribution in [0.1, 0.15) is 24.6 Å². The molecule has 82 valence electrons. The standard InChI is InChI=1S/C11H17N3O/c1-9-7-11(15)14(8-12-9)10-3-5-13(2)6-4-10/h7-8,10H,3-6H2,1-2H3. The summed E-state index contributed by atoms with van der Waals surface area (Å²) >= 11 is 0. The summed E-state index contributed by atoms with van der Waals surface area (Å²) in [5.74, 6) is 0. The summed E-state index contributed by atoms with van der Waals surface area (Å²) in [6.45, 7) is 3.97. The second-order valence-electron chi connectivity index (χ2n) is 4.31. The molecule has 0 aliphatic carbocycles. The highest BCUT2D eigenvalue weighted by Gasteiger charge is 2.18. The van der Waals surface area contributed by atoms with E-state index in [1.165, 1.54) is 0 Å². The Morgan fingerprint density at radius 1 is 1.40 bits per heavy atom. The molecule has 1 fully saturated rings. The van der Waals surface area contributed by atoms with Gasteiger partial charge in [0.2, 0.25) is 0 Å². The molecule has 2 rings (SSSR count). The van der Waals surface area contributed by atoms with Crippen molar-refractivity contribution >= 4 is 0 Å². The molecule has 0 spiro atoms. The SMILES string of the molecule is Cc1cc(=O)n(C2CCN(C)CC2)cn1.